The normalized spacial score (nSPS) is 13.6. The van der Waals surface area contributed by atoms with E-state index in [0.717, 1.165) is 19.3 Å². The summed E-state index contributed by atoms with van der Waals surface area (Å²) in [5.41, 5.74) is 1.89. The number of carbonyl (C=O) groups is 2. The number of aromatic nitrogens is 1. The van der Waals surface area contributed by atoms with Crippen LogP contribution < -0.4 is 10.6 Å². The molecule has 2 aromatic rings. The van der Waals surface area contributed by atoms with Crippen molar-refractivity contribution in [2.24, 2.45) is 5.92 Å². The second-order valence-electron chi connectivity index (χ2n) is 5.67. The topological polar surface area (TPSA) is 71.1 Å². The average molecular weight is 329 g/mol. The number of rotatable bonds is 7. The molecule has 23 heavy (non-hydrogen) atoms. The highest BCUT2D eigenvalue weighted by Gasteiger charge is 2.30. The Morgan fingerprint density at radius 2 is 2.00 bits per heavy atom. The molecule has 2 N–H and O–H groups in total. The molecule has 1 fully saturated rings. The molecule has 0 atom stereocenters. The quantitative estimate of drug-likeness (QED) is 0.819. The van der Waals surface area contributed by atoms with Crippen molar-refractivity contribution >= 4 is 28.3 Å². The van der Waals surface area contributed by atoms with Gasteiger partial charge in [-0.1, -0.05) is 30.3 Å². The van der Waals surface area contributed by atoms with E-state index in [1.807, 2.05) is 35.7 Å². The van der Waals surface area contributed by atoms with Crippen molar-refractivity contribution in [1.29, 1.82) is 0 Å². The van der Waals surface area contributed by atoms with Gasteiger partial charge < -0.3 is 10.6 Å². The lowest BCUT2D eigenvalue weighted by atomic mass is 10.1. The predicted molar refractivity (Wildman–Crippen MR) is 90.3 cm³/mol. The summed E-state index contributed by atoms with van der Waals surface area (Å²) in [5.74, 6) is 0.146. The predicted octanol–water partition coefficient (Wildman–Crippen LogP) is 2.39. The molecule has 1 aromatic carbocycles. The Bertz CT molecular complexity index is 680. The lowest BCUT2D eigenvalue weighted by Gasteiger charge is -2.04. The maximum absolute atomic E-state index is 11.9. The highest BCUT2D eigenvalue weighted by molar-refractivity contribution is 7.13. The molecule has 0 unspecified atom stereocenters. The van der Waals surface area contributed by atoms with E-state index in [2.05, 4.69) is 15.6 Å². The van der Waals surface area contributed by atoms with Crippen LogP contribution in [0, 0.1) is 5.92 Å². The first kappa shape index (κ1) is 15.7. The molecule has 1 aromatic heterocycles. The van der Waals surface area contributed by atoms with Gasteiger partial charge in [0.05, 0.1) is 12.1 Å². The number of nitrogens with one attached hydrogen (secondary N) is 2. The molecule has 0 radical (unpaired) electrons. The van der Waals surface area contributed by atoms with Crippen LogP contribution in [0.15, 0.2) is 35.7 Å². The van der Waals surface area contributed by atoms with E-state index in [0.29, 0.717) is 17.4 Å². The lowest BCUT2D eigenvalue weighted by molar-refractivity contribution is -0.120. The van der Waals surface area contributed by atoms with Gasteiger partial charge in [0, 0.05) is 17.8 Å². The smallest absolute Gasteiger partial charge is 0.229 e. The van der Waals surface area contributed by atoms with Crippen molar-refractivity contribution in [2.45, 2.75) is 25.7 Å². The van der Waals surface area contributed by atoms with Gasteiger partial charge >= 0.3 is 0 Å². The van der Waals surface area contributed by atoms with E-state index >= 15 is 0 Å². The van der Waals surface area contributed by atoms with Crippen LogP contribution in [0.1, 0.15) is 24.1 Å². The number of thiazole rings is 1. The third-order valence-electron chi connectivity index (χ3n) is 3.65. The fourth-order valence-electron chi connectivity index (χ4n) is 2.22. The number of carbonyl (C=O) groups excluding carboxylic acids is 2. The molecule has 1 heterocycles. The van der Waals surface area contributed by atoms with Crippen molar-refractivity contribution in [1.82, 2.24) is 10.3 Å². The molecule has 0 saturated heterocycles. The molecule has 5 nitrogen and oxygen atoms in total. The summed E-state index contributed by atoms with van der Waals surface area (Å²) < 4.78 is 0. The van der Waals surface area contributed by atoms with Crippen LogP contribution in [0.2, 0.25) is 0 Å². The van der Waals surface area contributed by atoms with E-state index < -0.39 is 0 Å². The van der Waals surface area contributed by atoms with Gasteiger partial charge in [0.2, 0.25) is 11.8 Å². The first-order valence-electron chi connectivity index (χ1n) is 7.76. The van der Waals surface area contributed by atoms with Crippen molar-refractivity contribution in [3.8, 4) is 0 Å². The maximum atomic E-state index is 11.9. The maximum Gasteiger partial charge on any atom is 0.229 e. The summed E-state index contributed by atoms with van der Waals surface area (Å²) in [4.78, 5) is 27.9. The minimum atomic E-state index is -0.0497. The molecule has 0 spiro atoms. The molecule has 1 saturated carbocycles. The third-order valence-corrected chi connectivity index (χ3v) is 4.46. The van der Waals surface area contributed by atoms with Gasteiger partial charge in [-0.15, -0.1) is 11.3 Å². The largest absolute Gasteiger partial charge is 0.355 e. The monoisotopic (exact) mass is 329 g/mol. The number of amides is 2. The zero-order valence-electron chi connectivity index (χ0n) is 12.7. The highest BCUT2D eigenvalue weighted by Crippen LogP contribution is 2.30. The highest BCUT2D eigenvalue weighted by atomic mass is 32.1. The van der Waals surface area contributed by atoms with E-state index in [-0.39, 0.29) is 24.2 Å². The van der Waals surface area contributed by atoms with Crippen LogP contribution >= 0.6 is 11.3 Å². The van der Waals surface area contributed by atoms with Gasteiger partial charge in [-0.2, -0.15) is 0 Å². The van der Waals surface area contributed by atoms with Crippen LogP contribution in [0.4, 0.5) is 5.13 Å². The Kier molecular flexibility index (Phi) is 5.02. The molecule has 0 aliphatic heterocycles. The first-order chi connectivity index (χ1) is 11.2. The van der Waals surface area contributed by atoms with Crippen molar-refractivity contribution in [3.63, 3.8) is 0 Å². The van der Waals surface area contributed by atoms with Gasteiger partial charge in [-0.25, -0.2) is 4.98 Å². The van der Waals surface area contributed by atoms with Crippen LogP contribution in [0.25, 0.3) is 0 Å². The van der Waals surface area contributed by atoms with Gasteiger partial charge in [-0.05, 0) is 24.8 Å². The second-order valence-corrected chi connectivity index (χ2v) is 6.53. The number of anilines is 1. The first-order valence-corrected chi connectivity index (χ1v) is 8.64. The molecule has 1 aliphatic carbocycles. The number of nitrogens with zero attached hydrogens (tertiary/aromatic N) is 1. The van der Waals surface area contributed by atoms with Crippen LogP contribution in [0.5, 0.6) is 0 Å². The van der Waals surface area contributed by atoms with Crippen molar-refractivity contribution in [3.05, 3.63) is 47.0 Å². The summed E-state index contributed by atoms with van der Waals surface area (Å²) in [6, 6.07) is 10.0. The van der Waals surface area contributed by atoms with Gasteiger partial charge in [0.15, 0.2) is 5.13 Å². The van der Waals surface area contributed by atoms with E-state index in [9.17, 15) is 9.59 Å². The van der Waals surface area contributed by atoms with Crippen molar-refractivity contribution in [2.75, 3.05) is 11.9 Å². The molecule has 2 amide bonds. The summed E-state index contributed by atoms with van der Waals surface area (Å²) in [6.45, 7) is 0.609. The Balaban J connectivity index is 1.41. The van der Waals surface area contributed by atoms with Gasteiger partial charge in [-0.3, -0.25) is 9.59 Å². The number of hydrogen-bond acceptors (Lipinski definition) is 4. The summed E-state index contributed by atoms with van der Waals surface area (Å²) in [5, 5.41) is 8.09. The third kappa shape index (κ3) is 4.89. The fraction of sp³-hybridized carbons (Fsp3) is 0.353. The molecule has 3 rings (SSSR count). The molecule has 6 heteroatoms. The Labute approximate surface area is 139 Å². The minimum Gasteiger partial charge on any atom is -0.355 e. The Morgan fingerprint density at radius 3 is 2.74 bits per heavy atom. The fourth-order valence-corrected chi connectivity index (χ4v) is 2.93. The second kappa shape index (κ2) is 7.37. The standard InChI is InChI=1S/C17H19N3O2S/c21-15(18-9-8-12-4-2-1-3-5-12)10-14-11-23-17(19-14)20-16(22)13-6-7-13/h1-5,11,13H,6-10H2,(H,18,21)(H,19,20,22). The van der Waals surface area contributed by atoms with Gasteiger partial charge in [0.1, 0.15) is 0 Å². The summed E-state index contributed by atoms with van der Waals surface area (Å²) in [7, 11) is 0. The van der Waals surface area contributed by atoms with Crippen molar-refractivity contribution < 1.29 is 9.59 Å². The van der Waals surface area contributed by atoms with Crippen LogP contribution in [0.3, 0.4) is 0 Å². The molecular formula is C17H19N3O2S. The Hall–Kier alpha value is -2.21. The van der Waals surface area contributed by atoms with Crippen LogP contribution in [-0.2, 0) is 22.4 Å². The lowest BCUT2D eigenvalue weighted by Crippen LogP contribution is -2.27. The van der Waals surface area contributed by atoms with Gasteiger partial charge in [0.25, 0.3) is 0 Å². The summed E-state index contributed by atoms with van der Waals surface area (Å²) >= 11 is 1.36. The zero-order chi connectivity index (χ0) is 16.1. The SMILES string of the molecule is O=C(Cc1csc(NC(=O)C2CC2)n1)NCCc1ccccc1. The molecular weight excluding hydrogens is 310 g/mol. The average Bonchev–Trinajstić information content (AvgIpc) is 3.31. The minimum absolute atomic E-state index is 0.0400. The summed E-state index contributed by atoms with van der Waals surface area (Å²) in [6.07, 6.45) is 2.98. The molecule has 0 bridgehead atoms. The van der Waals surface area contributed by atoms with E-state index in [1.165, 1.54) is 16.9 Å². The number of hydrogen-bond donors (Lipinski definition) is 2. The van der Waals surface area contributed by atoms with Crippen LogP contribution in [-0.4, -0.2) is 23.3 Å². The Morgan fingerprint density at radius 1 is 1.22 bits per heavy atom. The molecule has 1 aliphatic rings. The van der Waals surface area contributed by atoms with E-state index in [1.54, 1.807) is 0 Å². The molecule has 120 valence electrons. The zero-order valence-corrected chi connectivity index (χ0v) is 13.6. The van der Waals surface area contributed by atoms with E-state index in [4.69, 9.17) is 0 Å². The number of benzene rings is 1.